The van der Waals surface area contributed by atoms with Crippen molar-refractivity contribution >= 4 is 24.2 Å². The molecule has 0 bridgehead atoms. The van der Waals surface area contributed by atoms with E-state index in [2.05, 4.69) is 0 Å². The fraction of sp³-hybridized carbons (Fsp3) is 0.529. The minimum Gasteiger partial charge on any atom is -0.339 e. The van der Waals surface area contributed by atoms with E-state index in [0.717, 1.165) is 12.1 Å². The predicted octanol–water partition coefficient (Wildman–Crippen LogP) is 2.54. The molecule has 9 heteroatoms. The zero-order chi connectivity index (χ0) is 18.6. The van der Waals surface area contributed by atoms with Crippen LogP contribution in [0.15, 0.2) is 24.3 Å². The lowest BCUT2D eigenvalue weighted by Gasteiger charge is -2.35. The average Bonchev–Trinajstić information content (AvgIpc) is 2.58. The van der Waals surface area contributed by atoms with Crippen LogP contribution in [0.4, 0.5) is 13.2 Å². The second kappa shape index (κ2) is 9.23. The molecule has 0 aliphatic carbocycles. The van der Waals surface area contributed by atoms with Crippen molar-refractivity contribution in [3.8, 4) is 0 Å². The molecule has 0 spiro atoms. The Kier molecular flexibility index (Phi) is 7.89. The van der Waals surface area contributed by atoms with Crippen LogP contribution >= 0.6 is 12.4 Å². The maximum absolute atomic E-state index is 12.8. The quantitative estimate of drug-likeness (QED) is 0.854. The summed E-state index contributed by atoms with van der Waals surface area (Å²) in [4.78, 5) is 27.6. The molecular weight excluding hydrogens is 371 g/mol. The van der Waals surface area contributed by atoms with Crippen LogP contribution in [0.5, 0.6) is 0 Å². The van der Waals surface area contributed by atoms with Gasteiger partial charge in [0.25, 0.3) is 5.91 Å². The number of halogens is 4. The third kappa shape index (κ3) is 5.88. The second-order valence-corrected chi connectivity index (χ2v) is 6.27. The van der Waals surface area contributed by atoms with Crippen molar-refractivity contribution in [2.45, 2.75) is 32.0 Å². The Labute approximate surface area is 156 Å². The topological polar surface area (TPSA) is 66.6 Å². The highest BCUT2D eigenvalue weighted by Gasteiger charge is 2.32. The fourth-order valence-corrected chi connectivity index (χ4v) is 2.68. The van der Waals surface area contributed by atoms with Gasteiger partial charge in [-0.15, -0.1) is 12.4 Å². The number of nitrogens with two attached hydrogens (primary N) is 1. The number of hydrogen-bond donors (Lipinski definition) is 1. The van der Waals surface area contributed by atoms with Gasteiger partial charge in [0.2, 0.25) is 5.91 Å². The fourth-order valence-electron chi connectivity index (χ4n) is 2.68. The van der Waals surface area contributed by atoms with E-state index in [9.17, 15) is 22.8 Å². The number of carbonyl (C=O) groups excluding carboxylic acids is 2. The van der Waals surface area contributed by atoms with Gasteiger partial charge < -0.3 is 15.5 Å². The summed E-state index contributed by atoms with van der Waals surface area (Å²) in [5.74, 6) is -0.461. The van der Waals surface area contributed by atoms with Crippen molar-refractivity contribution in [2.75, 3.05) is 26.2 Å². The first kappa shape index (κ1) is 22.2. The van der Waals surface area contributed by atoms with Crippen LogP contribution in [-0.4, -0.2) is 53.8 Å². The number of alkyl halides is 3. The molecule has 1 aromatic rings. The van der Waals surface area contributed by atoms with Crippen LogP contribution in [0.1, 0.15) is 35.7 Å². The lowest BCUT2D eigenvalue weighted by Crippen LogP contribution is -2.50. The summed E-state index contributed by atoms with van der Waals surface area (Å²) in [6, 6.07) is 4.35. The van der Waals surface area contributed by atoms with Gasteiger partial charge in [0, 0.05) is 44.2 Å². The van der Waals surface area contributed by atoms with Crippen molar-refractivity contribution in [2.24, 2.45) is 5.73 Å². The van der Waals surface area contributed by atoms with Gasteiger partial charge in [-0.3, -0.25) is 9.59 Å². The Morgan fingerprint density at radius 2 is 1.73 bits per heavy atom. The first-order valence-corrected chi connectivity index (χ1v) is 8.18. The predicted molar refractivity (Wildman–Crippen MR) is 94.1 cm³/mol. The number of nitrogens with zero attached hydrogens (tertiary/aromatic N) is 2. The van der Waals surface area contributed by atoms with Gasteiger partial charge in [-0.2, -0.15) is 13.2 Å². The van der Waals surface area contributed by atoms with Crippen molar-refractivity contribution in [1.82, 2.24) is 9.80 Å². The van der Waals surface area contributed by atoms with Gasteiger partial charge in [-0.1, -0.05) is 6.07 Å². The van der Waals surface area contributed by atoms with Gasteiger partial charge in [0.1, 0.15) is 0 Å². The maximum atomic E-state index is 12.8. The van der Waals surface area contributed by atoms with Crippen LogP contribution < -0.4 is 5.73 Å². The number of hydrogen-bond acceptors (Lipinski definition) is 3. The second-order valence-electron chi connectivity index (χ2n) is 6.27. The number of benzene rings is 1. The summed E-state index contributed by atoms with van der Waals surface area (Å²) >= 11 is 0. The Balaban J connectivity index is 0.00000338. The van der Waals surface area contributed by atoms with Crippen LogP contribution in [0.3, 0.4) is 0 Å². The highest BCUT2D eigenvalue weighted by molar-refractivity contribution is 5.94. The van der Waals surface area contributed by atoms with Crippen molar-refractivity contribution in [3.05, 3.63) is 35.4 Å². The average molecular weight is 394 g/mol. The minimum atomic E-state index is -4.48. The lowest BCUT2D eigenvalue weighted by atomic mass is 10.1. The van der Waals surface area contributed by atoms with Gasteiger partial charge in [-0.05, 0) is 31.5 Å². The zero-order valence-corrected chi connectivity index (χ0v) is 15.3. The SMILES string of the molecule is CC(N)CCC(=O)N1CCN(C(=O)c2cccc(C(F)(F)F)c2)CC1.Cl. The van der Waals surface area contributed by atoms with Crippen LogP contribution in [0.2, 0.25) is 0 Å². The van der Waals surface area contributed by atoms with E-state index in [1.807, 2.05) is 6.92 Å². The normalized spacial score (nSPS) is 16.0. The van der Waals surface area contributed by atoms with Crippen molar-refractivity contribution in [1.29, 1.82) is 0 Å². The maximum Gasteiger partial charge on any atom is 0.416 e. The van der Waals surface area contributed by atoms with E-state index >= 15 is 0 Å². The molecule has 2 N–H and O–H groups in total. The van der Waals surface area contributed by atoms with Crippen LogP contribution in [0.25, 0.3) is 0 Å². The third-order valence-corrected chi connectivity index (χ3v) is 4.17. The van der Waals surface area contributed by atoms with Gasteiger partial charge in [-0.25, -0.2) is 0 Å². The first-order valence-electron chi connectivity index (χ1n) is 8.18. The van der Waals surface area contributed by atoms with E-state index in [-0.39, 0.29) is 29.9 Å². The first-order chi connectivity index (χ1) is 11.7. The highest BCUT2D eigenvalue weighted by atomic mass is 35.5. The Bertz CT molecular complexity index is 630. The molecule has 0 radical (unpaired) electrons. The van der Waals surface area contributed by atoms with E-state index < -0.39 is 17.6 Å². The van der Waals surface area contributed by atoms with E-state index in [1.165, 1.54) is 17.0 Å². The largest absolute Gasteiger partial charge is 0.416 e. The van der Waals surface area contributed by atoms with Crippen LogP contribution in [0, 0.1) is 0 Å². The smallest absolute Gasteiger partial charge is 0.339 e. The molecule has 0 aromatic heterocycles. The van der Waals surface area contributed by atoms with Crippen molar-refractivity contribution in [3.63, 3.8) is 0 Å². The molecular formula is C17H23ClF3N3O2. The zero-order valence-electron chi connectivity index (χ0n) is 14.5. The molecule has 1 heterocycles. The minimum absolute atomic E-state index is 0. The molecule has 2 amide bonds. The highest BCUT2D eigenvalue weighted by Crippen LogP contribution is 2.29. The summed E-state index contributed by atoms with van der Waals surface area (Å²) < 4.78 is 38.3. The number of amides is 2. The molecule has 1 aliphatic heterocycles. The molecule has 146 valence electrons. The lowest BCUT2D eigenvalue weighted by molar-refractivity contribution is -0.137. The molecule has 1 unspecified atom stereocenters. The van der Waals surface area contributed by atoms with Gasteiger partial charge in [0.15, 0.2) is 0 Å². The molecule has 1 fully saturated rings. The van der Waals surface area contributed by atoms with Crippen molar-refractivity contribution < 1.29 is 22.8 Å². The molecule has 5 nitrogen and oxygen atoms in total. The molecule has 1 saturated heterocycles. The van der Waals surface area contributed by atoms with E-state index in [1.54, 1.807) is 4.90 Å². The molecule has 1 atom stereocenters. The Morgan fingerprint density at radius 3 is 2.27 bits per heavy atom. The van der Waals surface area contributed by atoms with Gasteiger partial charge in [0.05, 0.1) is 5.56 Å². The summed E-state index contributed by atoms with van der Waals surface area (Å²) in [5, 5.41) is 0. The van der Waals surface area contributed by atoms with Gasteiger partial charge >= 0.3 is 6.18 Å². The van der Waals surface area contributed by atoms with E-state index in [0.29, 0.717) is 39.0 Å². The Morgan fingerprint density at radius 1 is 1.15 bits per heavy atom. The van der Waals surface area contributed by atoms with E-state index in [4.69, 9.17) is 5.73 Å². The molecule has 2 rings (SSSR count). The summed E-state index contributed by atoms with van der Waals surface area (Å²) in [6.07, 6.45) is -3.52. The number of rotatable bonds is 4. The summed E-state index contributed by atoms with van der Waals surface area (Å²) in [7, 11) is 0. The summed E-state index contributed by atoms with van der Waals surface area (Å²) in [5.41, 5.74) is 4.80. The summed E-state index contributed by atoms with van der Waals surface area (Å²) in [6.45, 7) is 3.20. The Hall–Kier alpha value is -1.80. The molecule has 1 aromatic carbocycles. The number of piperazine rings is 1. The third-order valence-electron chi connectivity index (χ3n) is 4.17. The number of carbonyl (C=O) groups is 2. The molecule has 26 heavy (non-hydrogen) atoms. The molecule has 1 aliphatic rings. The molecule has 0 saturated carbocycles. The standard InChI is InChI=1S/C17H22F3N3O2.ClH/c1-12(21)5-6-15(24)22-7-9-23(10-8-22)16(25)13-3-2-4-14(11-13)17(18,19)20;/h2-4,11-12H,5-10,21H2,1H3;1H. The van der Waals surface area contributed by atoms with Crippen LogP contribution in [-0.2, 0) is 11.0 Å². The monoisotopic (exact) mass is 393 g/mol.